The SMILES string of the molecule is O=C1CC(CS(=O)(=O)F)CN1c1cccnc1Br. The standard InChI is InChI=1S/C10H10BrFN2O3S/c11-10-8(2-1-3-13-10)14-5-7(4-9(14)15)6-18(12,16)17/h1-3,7H,4-6H2. The number of rotatable bonds is 3. The van der Waals surface area contributed by atoms with Crippen molar-refractivity contribution in [2.24, 2.45) is 5.92 Å². The molecule has 98 valence electrons. The van der Waals surface area contributed by atoms with E-state index >= 15 is 0 Å². The molecule has 1 fully saturated rings. The summed E-state index contributed by atoms with van der Waals surface area (Å²) in [5.74, 6) is -1.36. The minimum absolute atomic E-state index is 0.0322. The summed E-state index contributed by atoms with van der Waals surface area (Å²) < 4.78 is 34.3. The molecule has 0 saturated carbocycles. The van der Waals surface area contributed by atoms with Crippen LogP contribution in [0.3, 0.4) is 0 Å². The average molecular weight is 337 g/mol. The quantitative estimate of drug-likeness (QED) is 0.619. The summed E-state index contributed by atoms with van der Waals surface area (Å²) in [4.78, 5) is 17.2. The van der Waals surface area contributed by atoms with Gasteiger partial charge in [-0.2, -0.15) is 8.42 Å². The third kappa shape index (κ3) is 3.05. The number of aromatic nitrogens is 1. The lowest BCUT2D eigenvalue weighted by Gasteiger charge is -2.17. The molecule has 1 aliphatic rings. The molecule has 8 heteroatoms. The maximum atomic E-state index is 12.6. The van der Waals surface area contributed by atoms with Crippen molar-refractivity contribution in [2.75, 3.05) is 17.2 Å². The first-order valence-corrected chi connectivity index (χ1v) is 7.54. The van der Waals surface area contributed by atoms with Crippen LogP contribution in [0.5, 0.6) is 0 Å². The normalized spacial score (nSPS) is 20.4. The number of hydrogen-bond donors (Lipinski definition) is 0. The fraction of sp³-hybridized carbons (Fsp3) is 0.400. The lowest BCUT2D eigenvalue weighted by atomic mass is 10.1. The molecule has 18 heavy (non-hydrogen) atoms. The van der Waals surface area contributed by atoms with E-state index in [0.29, 0.717) is 10.3 Å². The lowest BCUT2D eigenvalue weighted by molar-refractivity contribution is -0.117. The van der Waals surface area contributed by atoms with Crippen LogP contribution in [0, 0.1) is 5.92 Å². The summed E-state index contributed by atoms with van der Waals surface area (Å²) in [6, 6.07) is 3.37. The van der Waals surface area contributed by atoms with Crippen molar-refractivity contribution in [1.29, 1.82) is 0 Å². The second kappa shape index (κ2) is 4.93. The monoisotopic (exact) mass is 336 g/mol. The van der Waals surface area contributed by atoms with E-state index in [1.807, 2.05) is 0 Å². The molecule has 0 spiro atoms. The highest BCUT2D eigenvalue weighted by Gasteiger charge is 2.34. The van der Waals surface area contributed by atoms with Crippen LogP contribution in [0.25, 0.3) is 0 Å². The molecule has 0 bridgehead atoms. The number of anilines is 1. The summed E-state index contributed by atoms with van der Waals surface area (Å²) in [5, 5.41) is 0. The van der Waals surface area contributed by atoms with E-state index in [0.717, 1.165) is 0 Å². The van der Waals surface area contributed by atoms with Crippen LogP contribution in [0.1, 0.15) is 6.42 Å². The average Bonchev–Trinajstić information content (AvgIpc) is 2.57. The molecule has 2 heterocycles. The van der Waals surface area contributed by atoms with Crippen molar-refractivity contribution in [3.05, 3.63) is 22.9 Å². The van der Waals surface area contributed by atoms with Crippen molar-refractivity contribution in [1.82, 2.24) is 4.98 Å². The Morgan fingerprint density at radius 1 is 1.56 bits per heavy atom. The Labute approximate surface area is 112 Å². The Bertz CT molecular complexity index is 578. The summed E-state index contributed by atoms with van der Waals surface area (Å²) >= 11 is 3.22. The van der Waals surface area contributed by atoms with Gasteiger partial charge in [0.2, 0.25) is 5.91 Å². The Hall–Kier alpha value is -1.02. The fourth-order valence-electron chi connectivity index (χ4n) is 1.99. The summed E-state index contributed by atoms with van der Waals surface area (Å²) in [7, 11) is -4.55. The molecule has 1 unspecified atom stereocenters. The van der Waals surface area contributed by atoms with Crippen molar-refractivity contribution in [2.45, 2.75) is 6.42 Å². The van der Waals surface area contributed by atoms with Crippen molar-refractivity contribution >= 4 is 37.7 Å². The van der Waals surface area contributed by atoms with Gasteiger partial charge in [0.15, 0.2) is 0 Å². The fourth-order valence-corrected chi connectivity index (χ4v) is 3.24. The Balaban J connectivity index is 2.18. The van der Waals surface area contributed by atoms with E-state index in [9.17, 15) is 17.1 Å². The summed E-state index contributed by atoms with van der Waals surface area (Å²) in [6.45, 7) is 0.187. The number of carbonyl (C=O) groups is 1. The molecule has 2 rings (SSSR count). The number of amides is 1. The number of halogens is 2. The molecule has 5 nitrogen and oxygen atoms in total. The van der Waals surface area contributed by atoms with Gasteiger partial charge in [-0.1, -0.05) is 0 Å². The van der Waals surface area contributed by atoms with Crippen LogP contribution in [0.4, 0.5) is 9.57 Å². The van der Waals surface area contributed by atoms with Crippen LogP contribution in [0.15, 0.2) is 22.9 Å². The zero-order chi connectivity index (χ0) is 13.3. The Morgan fingerprint density at radius 3 is 2.89 bits per heavy atom. The van der Waals surface area contributed by atoms with E-state index in [-0.39, 0.29) is 18.9 Å². The van der Waals surface area contributed by atoms with Crippen molar-refractivity contribution in [3.63, 3.8) is 0 Å². The molecular weight excluding hydrogens is 327 g/mol. The van der Waals surface area contributed by atoms with Crippen LogP contribution < -0.4 is 4.90 Å². The van der Waals surface area contributed by atoms with Gasteiger partial charge in [0, 0.05) is 25.1 Å². The van der Waals surface area contributed by atoms with Gasteiger partial charge in [0.1, 0.15) is 4.60 Å². The second-order valence-electron chi connectivity index (χ2n) is 4.09. The van der Waals surface area contributed by atoms with E-state index in [2.05, 4.69) is 20.9 Å². The number of hydrogen-bond acceptors (Lipinski definition) is 4. The first-order chi connectivity index (χ1) is 8.37. The molecule has 1 aliphatic heterocycles. The van der Waals surface area contributed by atoms with Gasteiger partial charge in [0.25, 0.3) is 0 Å². The minimum Gasteiger partial charge on any atom is -0.310 e. The van der Waals surface area contributed by atoms with Gasteiger partial charge >= 0.3 is 10.2 Å². The van der Waals surface area contributed by atoms with Gasteiger partial charge in [-0.15, -0.1) is 3.89 Å². The van der Waals surface area contributed by atoms with Crippen LogP contribution in [-0.4, -0.2) is 31.6 Å². The molecule has 1 aromatic heterocycles. The largest absolute Gasteiger partial charge is 0.310 e. The second-order valence-corrected chi connectivity index (χ2v) is 6.26. The number of nitrogens with zero attached hydrogens (tertiary/aromatic N) is 2. The van der Waals surface area contributed by atoms with Gasteiger partial charge in [-0.3, -0.25) is 4.79 Å². The van der Waals surface area contributed by atoms with E-state index in [4.69, 9.17) is 0 Å². The molecule has 0 N–H and O–H groups in total. The maximum Gasteiger partial charge on any atom is 0.302 e. The van der Waals surface area contributed by atoms with Gasteiger partial charge < -0.3 is 4.90 Å². The molecule has 1 atom stereocenters. The van der Waals surface area contributed by atoms with Crippen molar-refractivity contribution in [3.8, 4) is 0 Å². The smallest absolute Gasteiger partial charge is 0.302 e. The maximum absolute atomic E-state index is 12.6. The van der Waals surface area contributed by atoms with Gasteiger partial charge in [0.05, 0.1) is 11.4 Å². The van der Waals surface area contributed by atoms with E-state index < -0.39 is 21.9 Å². The topological polar surface area (TPSA) is 67.3 Å². The van der Waals surface area contributed by atoms with Crippen LogP contribution >= 0.6 is 15.9 Å². The number of carbonyl (C=O) groups excluding carboxylic acids is 1. The van der Waals surface area contributed by atoms with Gasteiger partial charge in [-0.25, -0.2) is 4.98 Å². The minimum atomic E-state index is -4.55. The summed E-state index contributed by atoms with van der Waals surface area (Å²) in [6.07, 6.45) is 1.60. The highest BCUT2D eigenvalue weighted by Crippen LogP contribution is 2.30. The van der Waals surface area contributed by atoms with Crippen LogP contribution in [-0.2, 0) is 15.0 Å². The predicted octanol–water partition coefficient (Wildman–Crippen LogP) is 1.50. The third-order valence-electron chi connectivity index (χ3n) is 2.67. The highest BCUT2D eigenvalue weighted by atomic mass is 79.9. The molecule has 1 aromatic rings. The molecule has 0 aromatic carbocycles. The molecule has 1 amide bonds. The molecule has 0 radical (unpaired) electrons. The predicted molar refractivity (Wildman–Crippen MR) is 67.3 cm³/mol. The van der Waals surface area contributed by atoms with Crippen LogP contribution in [0.2, 0.25) is 0 Å². The van der Waals surface area contributed by atoms with E-state index in [1.165, 1.54) is 4.90 Å². The first kappa shape index (κ1) is 13.4. The van der Waals surface area contributed by atoms with E-state index in [1.54, 1.807) is 18.3 Å². The summed E-state index contributed by atoms with van der Waals surface area (Å²) in [5.41, 5.74) is 0.571. The zero-order valence-corrected chi connectivity index (χ0v) is 11.6. The number of pyridine rings is 1. The van der Waals surface area contributed by atoms with Gasteiger partial charge in [-0.05, 0) is 28.1 Å². The first-order valence-electron chi connectivity index (χ1n) is 5.20. The lowest BCUT2D eigenvalue weighted by Crippen LogP contribution is -2.25. The Kier molecular flexibility index (Phi) is 3.67. The third-order valence-corrected chi connectivity index (χ3v) is 4.15. The highest BCUT2D eigenvalue weighted by molar-refractivity contribution is 9.10. The molecule has 0 aliphatic carbocycles. The Morgan fingerprint density at radius 2 is 2.28 bits per heavy atom. The molecular formula is C10H10BrFN2O3S. The zero-order valence-electron chi connectivity index (χ0n) is 9.21. The van der Waals surface area contributed by atoms with Crippen molar-refractivity contribution < 1.29 is 17.1 Å². The molecule has 1 saturated heterocycles.